The summed E-state index contributed by atoms with van der Waals surface area (Å²) in [4.78, 5) is 14.7. The Morgan fingerprint density at radius 1 is 1.18 bits per heavy atom. The van der Waals surface area contributed by atoms with E-state index in [9.17, 15) is 4.79 Å². The maximum Gasteiger partial charge on any atom is 0.224 e. The molecule has 144 valence electrons. The van der Waals surface area contributed by atoms with Gasteiger partial charge in [0.05, 0.1) is 12.1 Å². The van der Waals surface area contributed by atoms with Gasteiger partial charge in [0.1, 0.15) is 0 Å². The molecule has 0 radical (unpaired) electrons. The first-order valence-corrected chi connectivity index (χ1v) is 10.4. The minimum atomic E-state index is 0.0609. The quantitative estimate of drug-likeness (QED) is 0.628. The first-order valence-electron chi connectivity index (χ1n) is 9.57. The minimum absolute atomic E-state index is 0.0609. The van der Waals surface area contributed by atoms with Gasteiger partial charge < -0.3 is 10.2 Å². The zero-order valence-corrected chi connectivity index (χ0v) is 17.2. The third-order valence-corrected chi connectivity index (χ3v) is 5.84. The third-order valence-electron chi connectivity index (χ3n) is 5.07. The SMILES string of the molecule is O=C(Cc1ccccc1Br)N[C@@H]1CCCN(c2cc(-c3ccccc3)[nH]n2)C1. The molecular formula is C22H23BrN4O. The summed E-state index contributed by atoms with van der Waals surface area (Å²) in [6, 6.07) is 20.3. The number of hydrogen-bond acceptors (Lipinski definition) is 3. The molecule has 1 aromatic heterocycles. The molecule has 6 heteroatoms. The predicted octanol–water partition coefficient (Wildman–Crippen LogP) is 4.17. The van der Waals surface area contributed by atoms with Crippen LogP contribution in [-0.4, -0.2) is 35.2 Å². The number of anilines is 1. The summed E-state index contributed by atoms with van der Waals surface area (Å²) >= 11 is 3.51. The number of nitrogens with one attached hydrogen (secondary N) is 2. The van der Waals surface area contributed by atoms with Crippen LogP contribution < -0.4 is 10.2 Å². The van der Waals surface area contributed by atoms with Crippen LogP contribution in [-0.2, 0) is 11.2 Å². The van der Waals surface area contributed by atoms with Crippen LogP contribution in [0.15, 0.2) is 65.1 Å². The minimum Gasteiger partial charge on any atom is -0.353 e. The molecule has 1 saturated heterocycles. The van der Waals surface area contributed by atoms with Crippen molar-refractivity contribution in [1.29, 1.82) is 0 Å². The number of piperidine rings is 1. The van der Waals surface area contributed by atoms with Gasteiger partial charge in [0.15, 0.2) is 5.82 Å². The number of aromatic nitrogens is 2. The summed E-state index contributed by atoms with van der Waals surface area (Å²) in [6.45, 7) is 1.73. The van der Waals surface area contributed by atoms with E-state index in [1.165, 1.54) is 0 Å². The molecule has 1 atom stereocenters. The monoisotopic (exact) mass is 438 g/mol. The molecule has 1 fully saturated rings. The maximum absolute atomic E-state index is 12.5. The Labute approximate surface area is 173 Å². The number of H-pyrrole nitrogens is 1. The molecule has 0 saturated carbocycles. The largest absolute Gasteiger partial charge is 0.353 e. The van der Waals surface area contributed by atoms with Gasteiger partial charge in [0.25, 0.3) is 0 Å². The molecule has 0 spiro atoms. The third kappa shape index (κ3) is 4.44. The number of benzene rings is 2. The van der Waals surface area contributed by atoms with E-state index in [1.54, 1.807) is 0 Å². The van der Waals surface area contributed by atoms with Crippen LogP contribution >= 0.6 is 15.9 Å². The molecule has 0 unspecified atom stereocenters. The van der Waals surface area contributed by atoms with Crippen molar-refractivity contribution in [1.82, 2.24) is 15.5 Å². The van der Waals surface area contributed by atoms with E-state index in [2.05, 4.69) is 54.5 Å². The van der Waals surface area contributed by atoms with Gasteiger partial charge in [0, 0.05) is 29.7 Å². The number of halogens is 1. The second kappa shape index (κ2) is 8.61. The first kappa shape index (κ1) is 18.7. The fourth-order valence-electron chi connectivity index (χ4n) is 3.64. The highest BCUT2D eigenvalue weighted by molar-refractivity contribution is 9.10. The first-order chi connectivity index (χ1) is 13.7. The Morgan fingerprint density at radius 2 is 1.96 bits per heavy atom. The summed E-state index contributed by atoms with van der Waals surface area (Å²) in [6.07, 6.45) is 2.42. The average Bonchev–Trinajstić information content (AvgIpc) is 3.21. The molecule has 0 bridgehead atoms. The topological polar surface area (TPSA) is 61.0 Å². The van der Waals surface area contributed by atoms with E-state index in [4.69, 9.17) is 0 Å². The lowest BCUT2D eigenvalue weighted by atomic mass is 10.0. The summed E-state index contributed by atoms with van der Waals surface area (Å²) in [5.74, 6) is 0.995. The van der Waals surface area contributed by atoms with Gasteiger partial charge >= 0.3 is 0 Å². The molecule has 0 aliphatic carbocycles. The van der Waals surface area contributed by atoms with Crippen LogP contribution in [0.25, 0.3) is 11.3 Å². The highest BCUT2D eigenvalue weighted by atomic mass is 79.9. The Bertz CT molecular complexity index is 940. The van der Waals surface area contributed by atoms with Gasteiger partial charge in [0.2, 0.25) is 5.91 Å². The molecule has 2 aromatic carbocycles. The molecule has 28 heavy (non-hydrogen) atoms. The van der Waals surface area contributed by atoms with Crippen molar-refractivity contribution < 1.29 is 4.79 Å². The zero-order valence-electron chi connectivity index (χ0n) is 15.6. The predicted molar refractivity (Wildman–Crippen MR) is 115 cm³/mol. The molecule has 1 aliphatic heterocycles. The average molecular weight is 439 g/mol. The van der Waals surface area contributed by atoms with Crippen molar-refractivity contribution in [3.63, 3.8) is 0 Å². The molecule has 4 rings (SSSR count). The van der Waals surface area contributed by atoms with E-state index in [0.29, 0.717) is 6.42 Å². The summed E-state index contributed by atoms with van der Waals surface area (Å²) in [7, 11) is 0. The van der Waals surface area contributed by atoms with E-state index in [-0.39, 0.29) is 11.9 Å². The Balaban J connectivity index is 1.37. The smallest absolute Gasteiger partial charge is 0.224 e. The number of nitrogens with zero attached hydrogens (tertiary/aromatic N) is 2. The molecular weight excluding hydrogens is 416 g/mol. The van der Waals surface area contributed by atoms with Crippen molar-refractivity contribution in [3.8, 4) is 11.3 Å². The highest BCUT2D eigenvalue weighted by Gasteiger charge is 2.23. The Kier molecular flexibility index (Phi) is 5.76. The van der Waals surface area contributed by atoms with Crippen LogP contribution in [0, 0.1) is 0 Å². The number of aromatic amines is 1. The number of carbonyl (C=O) groups is 1. The molecule has 2 N–H and O–H groups in total. The van der Waals surface area contributed by atoms with E-state index >= 15 is 0 Å². The molecule has 1 aliphatic rings. The highest BCUT2D eigenvalue weighted by Crippen LogP contribution is 2.24. The standard InChI is InChI=1S/C22H23BrN4O/c23-19-11-5-4-9-17(19)13-22(28)24-18-10-6-12-27(15-18)21-14-20(25-26-21)16-7-2-1-3-8-16/h1-5,7-9,11,14,18H,6,10,12-13,15H2,(H,24,28)(H,25,26)/t18-/m1/s1. The van der Waals surface area contributed by atoms with Crippen LogP contribution in [0.5, 0.6) is 0 Å². The van der Waals surface area contributed by atoms with Crippen LogP contribution in [0.4, 0.5) is 5.82 Å². The van der Waals surface area contributed by atoms with Gasteiger partial charge in [-0.25, -0.2) is 0 Å². The zero-order chi connectivity index (χ0) is 19.3. The fourth-order valence-corrected chi connectivity index (χ4v) is 4.06. The Morgan fingerprint density at radius 3 is 2.79 bits per heavy atom. The van der Waals surface area contributed by atoms with Crippen LogP contribution in [0.3, 0.4) is 0 Å². The van der Waals surface area contributed by atoms with Gasteiger partial charge in [-0.15, -0.1) is 0 Å². The number of rotatable bonds is 5. The van der Waals surface area contributed by atoms with E-state index < -0.39 is 0 Å². The summed E-state index contributed by atoms with van der Waals surface area (Å²) < 4.78 is 0.973. The lowest BCUT2D eigenvalue weighted by Crippen LogP contribution is -2.48. The van der Waals surface area contributed by atoms with Crippen molar-refractivity contribution in [2.24, 2.45) is 0 Å². The van der Waals surface area contributed by atoms with Gasteiger partial charge in [-0.05, 0) is 30.0 Å². The molecule has 1 amide bonds. The van der Waals surface area contributed by atoms with Gasteiger partial charge in [-0.2, -0.15) is 5.10 Å². The number of hydrogen-bond donors (Lipinski definition) is 2. The van der Waals surface area contributed by atoms with Gasteiger partial charge in [-0.1, -0.05) is 64.5 Å². The van der Waals surface area contributed by atoms with Crippen LogP contribution in [0.2, 0.25) is 0 Å². The summed E-state index contributed by atoms with van der Waals surface area (Å²) in [5, 5.41) is 10.8. The lowest BCUT2D eigenvalue weighted by Gasteiger charge is -2.33. The molecule has 3 aromatic rings. The number of carbonyl (C=O) groups excluding carboxylic acids is 1. The van der Waals surface area contributed by atoms with E-state index in [0.717, 1.165) is 53.0 Å². The van der Waals surface area contributed by atoms with Crippen LogP contribution in [0.1, 0.15) is 18.4 Å². The molecule has 5 nitrogen and oxygen atoms in total. The van der Waals surface area contributed by atoms with Crippen molar-refractivity contribution in [3.05, 3.63) is 70.7 Å². The Hall–Kier alpha value is -2.60. The number of amides is 1. The lowest BCUT2D eigenvalue weighted by molar-refractivity contribution is -0.121. The fraction of sp³-hybridized carbons (Fsp3) is 0.273. The van der Waals surface area contributed by atoms with Gasteiger partial charge in [-0.3, -0.25) is 9.89 Å². The van der Waals surface area contributed by atoms with Crippen molar-refractivity contribution in [2.45, 2.75) is 25.3 Å². The van der Waals surface area contributed by atoms with Crippen molar-refractivity contribution >= 4 is 27.7 Å². The van der Waals surface area contributed by atoms with E-state index in [1.807, 2.05) is 42.5 Å². The van der Waals surface area contributed by atoms with Crippen molar-refractivity contribution in [2.75, 3.05) is 18.0 Å². The summed E-state index contributed by atoms with van der Waals surface area (Å²) in [5.41, 5.74) is 3.14. The second-order valence-electron chi connectivity index (χ2n) is 7.13. The second-order valence-corrected chi connectivity index (χ2v) is 7.98. The maximum atomic E-state index is 12.5. The normalized spacial score (nSPS) is 16.8. The molecule has 2 heterocycles.